The first-order valence-corrected chi connectivity index (χ1v) is 9.23. The Bertz CT molecular complexity index is 930. The number of sulfone groups is 1. The molecule has 0 unspecified atom stereocenters. The Hall–Kier alpha value is -2.16. The number of nitrogens with zero attached hydrogens (tertiary/aromatic N) is 1. The summed E-state index contributed by atoms with van der Waals surface area (Å²) in [6.45, 7) is 1.86. The Morgan fingerprint density at radius 3 is 2.21 bits per heavy atom. The van der Waals surface area contributed by atoms with E-state index in [4.69, 9.17) is 11.6 Å². The maximum Gasteiger partial charge on any atom is 0.183 e. The van der Waals surface area contributed by atoms with E-state index in [0.29, 0.717) is 16.9 Å². The number of halogens is 1. The van der Waals surface area contributed by atoms with E-state index in [1.54, 1.807) is 36.4 Å². The average Bonchev–Trinajstić information content (AvgIpc) is 3.26. The van der Waals surface area contributed by atoms with Crippen molar-refractivity contribution < 1.29 is 13.2 Å². The van der Waals surface area contributed by atoms with Gasteiger partial charge in [0.15, 0.2) is 9.84 Å². The minimum atomic E-state index is -3.81. The summed E-state index contributed by atoms with van der Waals surface area (Å²) in [5.41, 5.74) is -0.00737. The van der Waals surface area contributed by atoms with Crippen LogP contribution in [-0.4, -0.2) is 20.0 Å². The molecular weight excluding hydrogens is 346 g/mol. The van der Waals surface area contributed by atoms with Gasteiger partial charge >= 0.3 is 0 Å². The number of rotatable bonds is 4. The molecule has 3 rings (SSSR count). The molecule has 0 radical (unpaired) electrons. The zero-order chi connectivity index (χ0) is 17.5. The number of hydrogen-bond acceptors (Lipinski definition) is 4. The molecule has 2 aromatic carbocycles. The number of carbonyl (C=O) groups excluding carboxylic acids is 1. The van der Waals surface area contributed by atoms with Crippen LogP contribution in [0.15, 0.2) is 53.4 Å². The monoisotopic (exact) mass is 359 g/mol. The van der Waals surface area contributed by atoms with Crippen LogP contribution >= 0.6 is 11.6 Å². The predicted octanol–water partition coefficient (Wildman–Crippen LogP) is 3.30. The fourth-order valence-electron chi connectivity index (χ4n) is 3.11. The molecule has 4 nitrogen and oxygen atoms in total. The van der Waals surface area contributed by atoms with E-state index < -0.39 is 26.4 Å². The zero-order valence-electron chi connectivity index (χ0n) is 12.8. The number of carbonyl (C=O) groups is 1. The van der Waals surface area contributed by atoms with Crippen LogP contribution < -0.4 is 0 Å². The topological polar surface area (TPSA) is 75.0 Å². The fraction of sp³-hybridized carbons (Fsp3) is 0.222. The lowest BCUT2D eigenvalue weighted by molar-refractivity contribution is -0.110. The largest absolute Gasteiger partial charge is 0.302 e. The quantitative estimate of drug-likeness (QED) is 0.785. The molecule has 0 amide bonds. The summed E-state index contributed by atoms with van der Waals surface area (Å²) >= 11 is 5.86. The maximum atomic E-state index is 13.0. The molecule has 24 heavy (non-hydrogen) atoms. The van der Waals surface area contributed by atoms with Crippen molar-refractivity contribution in [1.29, 1.82) is 5.26 Å². The van der Waals surface area contributed by atoms with Crippen LogP contribution in [0, 0.1) is 23.7 Å². The highest BCUT2D eigenvalue weighted by atomic mass is 35.5. The first-order chi connectivity index (χ1) is 11.4. The van der Waals surface area contributed by atoms with Crippen LogP contribution in [0.3, 0.4) is 0 Å². The summed E-state index contributed by atoms with van der Waals surface area (Å²) < 4.78 is 25.9. The lowest BCUT2D eigenvalue weighted by Gasteiger charge is -2.05. The summed E-state index contributed by atoms with van der Waals surface area (Å²) in [5.74, 6) is -0.691. The number of benzene rings is 2. The molecule has 0 aliphatic heterocycles. The second kappa shape index (κ2) is 5.73. The molecule has 1 saturated carbocycles. The third kappa shape index (κ3) is 2.43. The fourth-order valence-corrected chi connectivity index (χ4v) is 5.47. The molecular formula is C18H14ClNO3S. The van der Waals surface area contributed by atoms with Crippen molar-refractivity contribution in [3.63, 3.8) is 0 Å². The Balaban J connectivity index is 2.08. The minimum absolute atomic E-state index is 0.121. The second-order valence-corrected chi connectivity index (χ2v) is 8.48. The third-order valence-electron chi connectivity index (χ3n) is 4.48. The van der Waals surface area contributed by atoms with E-state index in [-0.39, 0.29) is 4.90 Å². The van der Waals surface area contributed by atoms with Gasteiger partial charge in [0.25, 0.3) is 0 Å². The van der Waals surface area contributed by atoms with Crippen LogP contribution in [0.4, 0.5) is 0 Å². The highest BCUT2D eigenvalue weighted by Crippen LogP contribution is 2.62. The van der Waals surface area contributed by atoms with Crippen molar-refractivity contribution in [1.82, 2.24) is 0 Å². The summed E-state index contributed by atoms with van der Waals surface area (Å²) in [5, 5.41) is 8.91. The predicted molar refractivity (Wildman–Crippen MR) is 90.5 cm³/mol. The number of nitriles is 1. The molecule has 1 fully saturated rings. The van der Waals surface area contributed by atoms with Crippen molar-refractivity contribution in [3.05, 3.63) is 64.7 Å². The van der Waals surface area contributed by atoms with Crippen molar-refractivity contribution in [3.8, 4) is 6.07 Å². The average molecular weight is 360 g/mol. The number of aryl methyl sites for hydroxylation is 1. The zero-order valence-corrected chi connectivity index (χ0v) is 14.4. The van der Waals surface area contributed by atoms with Gasteiger partial charge in [-0.05, 0) is 36.8 Å². The van der Waals surface area contributed by atoms with E-state index in [1.165, 1.54) is 12.1 Å². The van der Waals surface area contributed by atoms with Gasteiger partial charge in [-0.25, -0.2) is 8.42 Å². The SMILES string of the molecule is Cc1ccc(S(=O)(=O)[C@H]2[C@@H](c3ccc(Cl)cc3)[C@]2(C#N)C=O)cc1. The Kier molecular flexibility index (Phi) is 3.98. The Morgan fingerprint density at radius 1 is 1.12 bits per heavy atom. The van der Waals surface area contributed by atoms with Crippen LogP contribution in [-0.2, 0) is 14.6 Å². The molecule has 0 saturated heterocycles. The van der Waals surface area contributed by atoms with E-state index in [0.717, 1.165) is 5.56 Å². The van der Waals surface area contributed by atoms with Crippen molar-refractivity contribution >= 4 is 27.7 Å². The summed E-state index contributed by atoms with van der Waals surface area (Å²) in [6, 6.07) is 14.9. The van der Waals surface area contributed by atoms with Gasteiger partial charge in [0.1, 0.15) is 17.0 Å². The maximum absolute atomic E-state index is 13.0. The summed E-state index contributed by atoms with van der Waals surface area (Å²) in [6.07, 6.45) is 0.461. The first-order valence-electron chi connectivity index (χ1n) is 7.30. The van der Waals surface area contributed by atoms with Gasteiger partial charge < -0.3 is 4.79 Å². The van der Waals surface area contributed by atoms with Crippen molar-refractivity contribution in [2.45, 2.75) is 23.0 Å². The van der Waals surface area contributed by atoms with Gasteiger partial charge in [0.2, 0.25) is 0 Å². The molecule has 0 N–H and O–H groups in total. The molecule has 0 heterocycles. The highest BCUT2D eigenvalue weighted by molar-refractivity contribution is 7.92. The van der Waals surface area contributed by atoms with Gasteiger partial charge in [-0.2, -0.15) is 5.26 Å². The molecule has 122 valence electrons. The summed E-state index contributed by atoms with van der Waals surface area (Å²) in [4.78, 5) is 11.7. The van der Waals surface area contributed by atoms with Crippen molar-refractivity contribution in [2.24, 2.45) is 5.41 Å². The lowest BCUT2D eigenvalue weighted by Crippen LogP contribution is -2.16. The third-order valence-corrected chi connectivity index (χ3v) is 6.99. The van der Waals surface area contributed by atoms with Crippen molar-refractivity contribution in [2.75, 3.05) is 0 Å². The number of aldehydes is 1. The highest BCUT2D eigenvalue weighted by Gasteiger charge is 2.72. The van der Waals surface area contributed by atoms with E-state index >= 15 is 0 Å². The second-order valence-electron chi connectivity index (χ2n) is 5.97. The number of hydrogen-bond donors (Lipinski definition) is 0. The molecule has 3 atom stereocenters. The van der Waals surface area contributed by atoms with Gasteiger partial charge in [0, 0.05) is 10.9 Å². The molecule has 1 aliphatic rings. The Morgan fingerprint density at radius 2 is 1.71 bits per heavy atom. The molecule has 0 aromatic heterocycles. The summed E-state index contributed by atoms with van der Waals surface area (Å²) in [7, 11) is -3.81. The van der Waals surface area contributed by atoms with Crippen LogP contribution in [0.2, 0.25) is 5.02 Å². The van der Waals surface area contributed by atoms with Crippen LogP contribution in [0.25, 0.3) is 0 Å². The molecule has 0 spiro atoms. The van der Waals surface area contributed by atoms with Gasteiger partial charge in [0.05, 0.1) is 11.0 Å². The molecule has 1 aliphatic carbocycles. The van der Waals surface area contributed by atoms with E-state index in [2.05, 4.69) is 0 Å². The van der Waals surface area contributed by atoms with Gasteiger partial charge in [-0.3, -0.25) is 0 Å². The smallest absolute Gasteiger partial charge is 0.183 e. The first kappa shape index (κ1) is 16.7. The molecule has 2 aromatic rings. The van der Waals surface area contributed by atoms with Crippen LogP contribution in [0.5, 0.6) is 0 Å². The molecule has 6 heteroatoms. The standard InChI is InChI=1S/C18H14ClNO3S/c1-12-2-8-15(9-3-12)24(22,23)17-16(18(17,10-20)11-21)13-4-6-14(19)7-5-13/h2-9,11,16-17H,1H3/t16-,17+,18+/m1/s1. The minimum Gasteiger partial charge on any atom is -0.302 e. The van der Waals surface area contributed by atoms with Gasteiger partial charge in [-0.1, -0.05) is 41.4 Å². The normalized spacial score (nSPS) is 25.7. The lowest BCUT2D eigenvalue weighted by atomic mass is 10.0. The molecule has 0 bridgehead atoms. The van der Waals surface area contributed by atoms with Crippen LogP contribution in [0.1, 0.15) is 17.0 Å². The van der Waals surface area contributed by atoms with E-state index in [9.17, 15) is 18.5 Å². The van der Waals surface area contributed by atoms with Gasteiger partial charge in [-0.15, -0.1) is 0 Å². The van der Waals surface area contributed by atoms with E-state index in [1.807, 2.05) is 13.0 Å². The Labute approximate surface area is 145 Å².